The van der Waals surface area contributed by atoms with E-state index in [4.69, 9.17) is 9.47 Å². The summed E-state index contributed by atoms with van der Waals surface area (Å²) in [6.45, 7) is 7.46. The third-order valence-electron chi connectivity index (χ3n) is 4.53. The van der Waals surface area contributed by atoms with Crippen molar-refractivity contribution in [2.24, 2.45) is 5.92 Å². The monoisotopic (exact) mass is 434 g/mol. The Bertz CT molecular complexity index is 970. The highest BCUT2D eigenvalue weighted by molar-refractivity contribution is 7.89. The highest BCUT2D eigenvalue weighted by Crippen LogP contribution is 2.27. The first kappa shape index (κ1) is 23.7. The Morgan fingerprint density at radius 3 is 2.07 bits per heavy atom. The van der Waals surface area contributed by atoms with E-state index in [2.05, 4.69) is 10.0 Å². The van der Waals surface area contributed by atoms with Crippen LogP contribution in [0.2, 0.25) is 0 Å². The topological polar surface area (TPSA) is 93.7 Å². The van der Waals surface area contributed by atoms with Crippen LogP contribution in [0.4, 0.5) is 0 Å². The van der Waals surface area contributed by atoms with Crippen LogP contribution in [0.25, 0.3) is 0 Å². The number of hydrogen-bond acceptors (Lipinski definition) is 5. The van der Waals surface area contributed by atoms with Crippen molar-refractivity contribution in [3.05, 3.63) is 53.6 Å². The number of ether oxygens (including phenoxy) is 2. The summed E-state index contributed by atoms with van der Waals surface area (Å²) in [5, 5.41) is 3.01. The fourth-order valence-electron chi connectivity index (χ4n) is 3.07. The third-order valence-corrected chi connectivity index (χ3v) is 6.21. The molecule has 8 heteroatoms. The molecule has 0 aliphatic heterocycles. The second kappa shape index (κ2) is 9.95. The van der Waals surface area contributed by atoms with Gasteiger partial charge in [0.05, 0.1) is 20.3 Å². The number of amides is 1. The molecule has 0 heterocycles. The maximum absolute atomic E-state index is 13.0. The number of nitrogens with one attached hydrogen (secondary N) is 2. The molecule has 2 aromatic rings. The van der Waals surface area contributed by atoms with Crippen LogP contribution in [0.1, 0.15) is 49.7 Å². The second-order valence-electron chi connectivity index (χ2n) is 7.61. The Labute approximate surface area is 178 Å². The summed E-state index contributed by atoms with van der Waals surface area (Å²) in [7, 11) is -0.844. The number of benzene rings is 2. The minimum absolute atomic E-state index is 0.0723. The highest BCUT2D eigenvalue weighted by atomic mass is 32.2. The second-order valence-corrected chi connectivity index (χ2v) is 9.29. The van der Waals surface area contributed by atoms with E-state index in [-0.39, 0.29) is 40.1 Å². The lowest BCUT2D eigenvalue weighted by atomic mass is 9.95. The maximum Gasteiger partial charge on any atom is 0.251 e. The van der Waals surface area contributed by atoms with E-state index in [9.17, 15) is 13.2 Å². The first-order valence-electron chi connectivity index (χ1n) is 9.74. The summed E-state index contributed by atoms with van der Waals surface area (Å²) in [5.74, 6) is 0.657. The van der Waals surface area contributed by atoms with Gasteiger partial charge in [-0.15, -0.1) is 0 Å². The van der Waals surface area contributed by atoms with Gasteiger partial charge in [0.2, 0.25) is 10.0 Å². The molecule has 0 saturated carbocycles. The van der Waals surface area contributed by atoms with Crippen LogP contribution >= 0.6 is 0 Å². The fraction of sp³-hybridized carbons (Fsp3) is 0.409. The number of hydrogen-bond donors (Lipinski definition) is 2. The molecule has 1 atom stereocenters. The zero-order valence-corrected chi connectivity index (χ0v) is 19.0. The van der Waals surface area contributed by atoms with E-state index in [1.54, 1.807) is 27.0 Å². The van der Waals surface area contributed by atoms with Gasteiger partial charge in [-0.25, -0.2) is 13.1 Å². The van der Waals surface area contributed by atoms with E-state index >= 15 is 0 Å². The molecule has 2 N–H and O–H groups in total. The molecule has 0 aliphatic carbocycles. The van der Waals surface area contributed by atoms with Gasteiger partial charge >= 0.3 is 0 Å². The lowest BCUT2D eigenvalue weighted by Crippen LogP contribution is -2.33. The summed E-state index contributed by atoms with van der Waals surface area (Å²) in [4.78, 5) is 12.9. The minimum Gasteiger partial charge on any atom is -0.497 e. The van der Waals surface area contributed by atoms with Gasteiger partial charge in [-0.1, -0.05) is 26.0 Å². The van der Waals surface area contributed by atoms with Gasteiger partial charge in [-0.3, -0.25) is 4.79 Å². The number of carbonyl (C=O) groups is 1. The molecule has 0 bridgehead atoms. The molecule has 0 saturated heterocycles. The lowest BCUT2D eigenvalue weighted by molar-refractivity contribution is 0.0925. The van der Waals surface area contributed by atoms with Crippen LogP contribution < -0.4 is 19.5 Å². The summed E-state index contributed by atoms with van der Waals surface area (Å²) in [6.07, 6.45) is 0. The van der Waals surface area contributed by atoms with Crippen molar-refractivity contribution in [1.29, 1.82) is 0 Å². The summed E-state index contributed by atoms with van der Waals surface area (Å²) in [6, 6.07) is 11.3. The average molecular weight is 435 g/mol. The van der Waals surface area contributed by atoms with Crippen molar-refractivity contribution < 1.29 is 22.7 Å². The SMILES string of the molecule is COc1ccc(C(NC(=O)c2ccc(OC)c(S(=O)(=O)NC(C)C)c2)C(C)C)cc1. The number of rotatable bonds is 9. The van der Waals surface area contributed by atoms with E-state index < -0.39 is 10.0 Å². The minimum atomic E-state index is -3.83. The molecular formula is C22H30N2O5S. The van der Waals surface area contributed by atoms with E-state index in [1.807, 2.05) is 38.1 Å². The molecule has 0 radical (unpaired) electrons. The van der Waals surface area contributed by atoms with Crippen LogP contribution in [0.5, 0.6) is 11.5 Å². The molecule has 1 amide bonds. The Kier molecular flexibility index (Phi) is 7.86. The molecule has 0 fully saturated rings. The van der Waals surface area contributed by atoms with Gasteiger partial charge in [0.25, 0.3) is 5.91 Å². The van der Waals surface area contributed by atoms with E-state index in [1.165, 1.54) is 19.2 Å². The van der Waals surface area contributed by atoms with Crippen LogP contribution in [0.15, 0.2) is 47.4 Å². The summed E-state index contributed by atoms with van der Waals surface area (Å²) < 4.78 is 38.3. The number of methoxy groups -OCH3 is 2. The predicted molar refractivity (Wildman–Crippen MR) is 116 cm³/mol. The van der Waals surface area contributed by atoms with Crippen LogP contribution in [-0.2, 0) is 10.0 Å². The Morgan fingerprint density at radius 2 is 1.57 bits per heavy atom. The van der Waals surface area contributed by atoms with Gasteiger partial charge in [-0.2, -0.15) is 0 Å². The molecule has 2 rings (SSSR count). The first-order chi connectivity index (χ1) is 14.1. The molecular weight excluding hydrogens is 404 g/mol. The summed E-state index contributed by atoms with van der Waals surface area (Å²) >= 11 is 0. The maximum atomic E-state index is 13.0. The highest BCUT2D eigenvalue weighted by Gasteiger charge is 2.24. The molecule has 1 unspecified atom stereocenters. The van der Waals surface area contributed by atoms with Gasteiger partial charge < -0.3 is 14.8 Å². The smallest absolute Gasteiger partial charge is 0.251 e. The van der Waals surface area contributed by atoms with E-state index in [0.717, 1.165) is 11.3 Å². The Hall–Kier alpha value is -2.58. The number of carbonyl (C=O) groups excluding carboxylic acids is 1. The first-order valence-corrected chi connectivity index (χ1v) is 11.2. The predicted octanol–water partition coefficient (Wildman–Crippen LogP) is 3.52. The molecule has 164 valence electrons. The largest absolute Gasteiger partial charge is 0.497 e. The van der Waals surface area contributed by atoms with Crippen molar-refractivity contribution in [2.45, 2.75) is 44.7 Å². The number of sulfonamides is 1. The molecule has 0 spiro atoms. The zero-order chi connectivity index (χ0) is 22.5. The molecule has 7 nitrogen and oxygen atoms in total. The van der Waals surface area contributed by atoms with Crippen LogP contribution in [0.3, 0.4) is 0 Å². The van der Waals surface area contributed by atoms with Crippen LogP contribution in [-0.4, -0.2) is 34.6 Å². The molecule has 2 aromatic carbocycles. The van der Waals surface area contributed by atoms with Gasteiger partial charge in [-0.05, 0) is 55.7 Å². The third kappa shape index (κ3) is 5.73. The van der Waals surface area contributed by atoms with Crippen LogP contribution in [0, 0.1) is 5.92 Å². The van der Waals surface area contributed by atoms with Crippen molar-refractivity contribution in [2.75, 3.05) is 14.2 Å². The normalized spacial score (nSPS) is 12.7. The standard InChI is InChI=1S/C22H30N2O5S/c1-14(2)21(16-7-10-18(28-5)11-8-16)23-22(25)17-9-12-19(29-6)20(13-17)30(26,27)24-15(3)4/h7-15,21,24H,1-6H3,(H,23,25). The van der Waals surface area contributed by atoms with Crippen molar-refractivity contribution in [3.8, 4) is 11.5 Å². The van der Waals surface area contributed by atoms with Gasteiger partial charge in [0.15, 0.2) is 0 Å². The van der Waals surface area contributed by atoms with Crippen molar-refractivity contribution in [1.82, 2.24) is 10.0 Å². The Morgan fingerprint density at radius 1 is 0.933 bits per heavy atom. The van der Waals surface area contributed by atoms with Gasteiger partial charge in [0.1, 0.15) is 16.4 Å². The Balaban J connectivity index is 2.35. The van der Waals surface area contributed by atoms with E-state index in [0.29, 0.717) is 0 Å². The lowest BCUT2D eigenvalue weighted by Gasteiger charge is -2.23. The fourth-order valence-corrected chi connectivity index (χ4v) is 4.52. The van der Waals surface area contributed by atoms with Crippen molar-refractivity contribution in [3.63, 3.8) is 0 Å². The van der Waals surface area contributed by atoms with Gasteiger partial charge in [0, 0.05) is 11.6 Å². The molecule has 0 aromatic heterocycles. The zero-order valence-electron chi connectivity index (χ0n) is 18.2. The van der Waals surface area contributed by atoms with Crippen molar-refractivity contribution >= 4 is 15.9 Å². The summed E-state index contributed by atoms with van der Waals surface area (Å²) in [5.41, 5.74) is 1.17. The quantitative estimate of drug-likeness (QED) is 0.630. The average Bonchev–Trinajstić information content (AvgIpc) is 2.70. The molecule has 30 heavy (non-hydrogen) atoms. The molecule has 0 aliphatic rings.